The Hall–Kier alpha value is -2.47. The highest BCUT2D eigenvalue weighted by Gasteiger charge is 2.17. The molecular formula is C16H16N4OS. The SMILES string of the molecule is Cc1cc(C)n(-c2nc(C)c(C(=O)Nc3ccccc3)s2)n1. The number of para-hydroxylation sites is 1. The molecule has 2 heterocycles. The second kappa shape index (κ2) is 5.73. The molecule has 0 bridgehead atoms. The smallest absolute Gasteiger partial charge is 0.267 e. The van der Waals surface area contributed by atoms with Gasteiger partial charge in [0, 0.05) is 11.4 Å². The fourth-order valence-electron chi connectivity index (χ4n) is 2.22. The maximum absolute atomic E-state index is 12.4. The number of anilines is 1. The van der Waals surface area contributed by atoms with Crippen molar-refractivity contribution in [2.24, 2.45) is 0 Å². The van der Waals surface area contributed by atoms with Crippen LogP contribution in [0.1, 0.15) is 26.8 Å². The molecule has 5 nitrogen and oxygen atoms in total. The Bertz CT molecular complexity index is 820. The molecule has 1 aromatic carbocycles. The van der Waals surface area contributed by atoms with E-state index >= 15 is 0 Å². The molecule has 1 amide bonds. The molecule has 6 heteroatoms. The van der Waals surface area contributed by atoms with E-state index < -0.39 is 0 Å². The number of nitrogens with zero attached hydrogens (tertiary/aromatic N) is 3. The molecule has 1 N–H and O–H groups in total. The fourth-order valence-corrected chi connectivity index (χ4v) is 3.19. The summed E-state index contributed by atoms with van der Waals surface area (Å²) in [7, 11) is 0. The number of aryl methyl sites for hydroxylation is 3. The van der Waals surface area contributed by atoms with Crippen molar-refractivity contribution >= 4 is 22.9 Å². The number of thiazole rings is 1. The van der Waals surface area contributed by atoms with Crippen LogP contribution in [-0.4, -0.2) is 20.7 Å². The van der Waals surface area contributed by atoms with Crippen molar-refractivity contribution in [3.8, 4) is 5.13 Å². The zero-order valence-corrected chi connectivity index (χ0v) is 13.4. The summed E-state index contributed by atoms with van der Waals surface area (Å²) in [6.45, 7) is 5.75. The lowest BCUT2D eigenvalue weighted by atomic mass is 10.3. The number of rotatable bonds is 3. The maximum Gasteiger partial charge on any atom is 0.267 e. The van der Waals surface area contributed by atoms with Crippen molar-refractivity contribution in [2.75, 3.05) is 5.32 Å². The van der Waals surface area contributed by atoms with Crippen LogP contribution < -0.4 is 5.32 Å². The van der Waals surface area contributed by atoms with Crippen molar-refractivity contribution in [3.63, 3.8) is 0 Å². The van der Waals surface area contributed by atoms with Gasteiger partial charge in [0.2, 0.25) is 5.13 Å². The summed E-state index contributed by atoms with van der Waals surface area (Å²) in [4.78, 5) is 17.5. The Kier molecular flexibility index (Phi) is 3.77. The average Bonchev–Trinajstić information content (AvgIpc) is 3.02. The molecule has 0 aliphatic heterocycles. The van der Waals surface area contributed by atoms with Crippen molar-refractivity contribution in [1.82, 2.24) is 14.8 Å². The molecule has 0 spiro atoms. The molecule has 112 valence electrons. The summed E-state index contributed by atoms with van der Waals surface area (Å²) in [6, 6.07) is 11.4. The highest BCUT2D eigenvalue weighted by molar-refractivity contribution is 7.16. The Morgan fingerprint density at radius 2 is 1.91 bits per heavy atom. The van der Waals surface area contributed by atoms with E-state index in [1.165, 1.54) is 11.3 Å². The Morgan fingerprint density at radius 3 is 2.55 bits per heavy atom. The summed E-state index contributed by atoms with van der Waals surface area (Å²) in [5.41, 5.74) is 3.41. The second-order valence-electron chi connectivity index (χ2n) is 5.07. The van der Waals surface area contributed by atoms with Crippen molar-refractivity contribution in [3.05, 3.63) is 58.4 Å². The van der Waals surface area contributed by atoms with Crippen molar-refractivity contribution in [2.45, 2.75) is 20.8 Å². The quantitative estimate of drug-likeness (QED) is 0.805. The van der Waals surface area contributed by atoms with E-state index in [2.05, 4.69) is 15.4 Å². The first kappa shape index (κ1) is 14.5. The lowest BCUT2D eigenvalue weighted by molar-refractivity contribution is 0.103. The monoisotopic (exact) mass is 312 g/mol. The van der Waals surface area contributed by atoms with Crippen LogP contribution >= 0.6 is 11.3 Å². The molecule has 0 unspecified atom stereocenters. The normalized spacial score (nSPS) is 10.7. The third-order valence-electron chi connectivity index (χ3n) is 3.21. The summed E-state index contributed by atoms with van der Waals surface area (Å²) in [5.74, 6) is -0.144. The summed E-state index contributed by atoms with van der Waals surface area (Å²) < 4.78 is 1.77. The summed E-state index contributed by atoms with van der Waals surface area (Å²) in [6.07, 6.45) is 0. The molecule has 22 heavy (non-hydrogen) atoms. The number of amides is 1. The highest BCUT2D eigenvalue weighted by atomic mass is 32.1. The van der Waals surface area contributed by atoms with Crippen molar-refractivity contribution < 1.29 is 4.79 Å². The second-order valence-corrected chi connectivity index (χ2v) is 6.05. The molecule has 0 radical (unpaired) electrons. The highest BCUT2D eigenvalue weighted by Crippen LogP contribution is 2.23. The average molecular weight is 312 g/mol. The van der Waals surface area contributed by atoms with Crippen LogP contribution in [-0.2, 0) is 0 Å². The zero-order chi connectivity index (χ0) is 15.7. The number of carbonyl (C=O) groups excluding carboxylic acids is 1. The number of benzene rings is 1. The first-order chi connectivity index (χ1) is 10.5. The maximum atomic E-state index is 12.4. The Morgan fingerprint density at radius 1 is 1.18 bits per heavy atom. The molecule has 0 saturated heterocycles. The van der Waals surface area contributed by atoms with E-state index in [0.717, 1.165) is 17.1 Å². The van der Waals surface area contributed by atoms with Crippen LogP contribution in [0.5, 0.6) is 0 Å². The lowest BCUT2D eigenvalue weighted by Crippen LogP contribution is -2.11. The number of carbonyl (C=O) groups is 1. The van der Waals surface area contributed by atoms with Crippen LogP contribution in [0.3, 0.4) is 0 Å². The van der Waals surface area contributed by atoms with Gasteiger partial charge in [0.15, 0.2) is 0 Å². The lowest BCUT2D eigenvalue weighted by Gasteiger charge is -2.02. The van der Waals surface area contributed by atoms with Crippen LogP contribution in [0.4, 0.5) is 5.69 Å². The van der Waals surface area contributed by atoms with Gasteiger partial charge in [0.05, 0.1) is 11.4 Å². The molecule has 3 rings (SSSR count). The van der Waals surface area contributed by atoms with Crippen molar-refractivity contribution in [1.29, 1.82) is 0 Å². The van der Waals surface area contributed by atoms with Gasteiger partial charge >= 0.3 is 0 Å². The molecule has 0 aliphatic carbocycles. The predicted molar refractivity (Wildman–Crippen MR) is 87.8 cm³/mol. The summed E-state index contributed by atoms with van der Waals surface area (Å²) >= 11 is 1.34. The Labute approximate surface area is 132 Å². The van der Waals surface area contributed by atoms with Crippen LogP contribution in [0, 0.1) is 20.8 Å². The van der Waals surface area contributed by atoms with E-state index in [-0.39, 0.29) is 5.91 Å². The summed E-state index contributed by atoms with van der Waals surface area (Å²) in [5, 5.41) is 8.01. The van der Waals surface area contributed by atoms with Gasteiger partial charge in [0.25, 0.3) is 5.91 Å². The minimum Gasteiger partial charge on any atom is -0.321 e. The number of hydrogen-bond acceptors (Lipinski definition) is 4. The van der Waals surface area contributed by atoms with Gasteiger partial charge in [-0.25, -0.2) is 9.67 Å². The Balaban J connectivity index is 1.89. The van der Waals surface area contributed by atoms with Gasteiger partial charge in [-0.15, -0.1) is 0 Å². The van der Waals surface area contributed by atoms with E-state index in [1.54, 1.807) is 4.68 Å². The number of nitrogens with one attached hydrogen (secondary N) is 1. The minimum absolute atomic E-state index is 0.144. The largest absolute Gasteiger partial charge is 0.321 e. The standard InChI is InChI=1S/C16H16N4OS/c1-10-9-11(2)20(19-10)16-17-12(3)14(22-16)15(21)18-13-7-5-4-6-8-13/h4-9H,1-3H3,(H,18,21). The van der Waals surface area contributed by atoms with Gasteiger partial charge in [-0.05, 0) is 39.0 Å². The molecule has 0 fully saturated rings. The molecule has 0 saturated carbocycles. The van der Waals surface area contributed by atoms with E-state index in [1.807, 2.05) is 57.2 Å². The minimum atomic E-state index is -0.144. The van der Waals surface area contributed by atoms with Crippen LogP contribution in [0.2, 0.25) is 0 Å². The van der Waals surface area contributed by atoms with Gasteiger partial charge in [0.1, 0.15) is 4.88 Å². The zero-order valence-electron chi connectivity index (χ0n) is 12.6. The molecule has 0 aliphatic rings. The fraction of sp³-hybridized carbons (Fsp3) is 0.188. The number of hydrogen-bond donors (Lipinski definition) is 1. The first-order valence-corrected chi connectivity index (χ1v) is 7.73. The van der Waals surface area contributed by atoms with E-state index in [9.17, 15) is 4.79 Å². The van der Waals surface area contributed by atoms with Gasteiger partial charge < -0.3 is 5.32 Å². The van der Waals surface area contributed by atoms with E-state index in [0.29, 0.717) is 15.7 Å². The van der Waals surface area contributed by atoms with E-state index in [4.69, 9.17) is 0 Å². The van der Waals surface area contributed by atoms with Gasteiger partial charge in [-0.2, -0.15) is 5.10 Å². The molecule has 2 aromatic heterocycles. The van der Waals surface area contributed by atoms with Crippen LogP contribution in [0.25, 0.3) is 5.13 Å². The first-order valence-electron chi connectivity index (χ1n) is 6.92. The molecule has 0 atom stereocenters. The molecule has 3 aromatic rings. The van der Waals surface area contributed by atoms with Gasteiger partial charge in [-0.1, -0.05) is 29.5 Å². The number of aromatic nitrogens is 3. The topological polar surface area (TPSA) is 59.8 Å². The molecular weight excluding hydrogens is 296 g/mol. The van der Waals surface area contributed by atoms with Gasteiger partial charge in [-0.3, -0.25) is 4.79 Å². The third kappa shape index (κ3) is 2.78. The van der Waals surface area contributed by atoms with Crippen LogP contribution in [0.15, 0.2) is 36.4 Å². The predicted octanol–water partition coefficient (Wildman–Crippen LogP) is 3.51. The third-order valence-corrected chi connectivity index (χ3v) is 4.35.